The van der Waals surface area contributed by atoms with E-state index in [1.54, 1.807) is 0 Å². The van der Waals surface area contributed by atoms with Crippen molar-refractivity contribution in [3.05, 3.63) is 0 Å². The zero-order chi connectivity index (χ0) is 4.41. The minimum atomic E-state index is 1.03. The van der Waals surface area contributed by atoms with Crippen molar-refractivity contribution < 1.29 is 0 Å². The van der Waals surface area contributed by atoms with Crippen LogP contribution in [-0.2, 0) is 0 Å². The molecular formula is C5H10S. The van der Waals surface area contributed by atoms with Gasteiger partial charge in [-0.1, -0.05) is 6.92 Å². The molecule has 1 aliphatic heterocycles. The molecule has 1 heteroatoms. The summed E-state index contributed by atoms with van der Waals surface area (Å²) in [7, 11) is 0. The van der Waals surface area contributed by atoms with E-state index in [0.717, 1.165) is 5.25 Å². The van der Waals surface area contributed by atoms with Crippen molar-refractivity contribution in [2.75, 3.05) is 5.75 Å². The van der Waals surface area contributed by atoms with Gasteiger partial charge < -0.3 is 0 Å². The maximum atomic E-state index is 2.26. The largest absolute Gasteiger partial charge is 0.159 e. The molecular weight excluding hydrogens is 92.1 g/mol. The molecule has 6 heavy (non-hydrogen) atoms. The summed E-state index contributed by atoms with van der Waals surface area (Å²) in [6, 6.07) is 0. The minimum Gasteiger partial charge on any atom is -0.159 e. The highest BCUT2D eigenvalue weighted by atomic mass is 32.2. The molecule has 0 radical (unpaired) electrons. The molecule has 36 valence electrons. The molecule has 1 aliphatic rings. The normalized spacial score (nSPS) is 32.5. The van der Waals surface area contributed by atoms with Crippen LogP contribution < -0.4 is 0 Å². The molecule has 0 amide bonds. The van der Waals surface area contributed by atoms with Crippen LogP contribution in [0.4, 0.5) is 0 Å². The van der Waals surface area contributed by atoms with Crippen molar-refractivity contribution in [2.24, 2.45) is 0 Å². The Hall–Kier alpha value is 0.350. The quantitative estimate of drug-likeness (QED) is 0.487. The summed E-state index contributed by atoms with van der Waals surface area (Å²) in [5.74, 6) is 1.42. The average Bonchev–Trinajstić information content (AvgIpc) is 1.31. The molecule has 0 nitrogen and oxygen atoms in total. The first kappa shape index (κ1) is 4.51. The van der Waals surface area contributed by atoms with E-state index in [9.17, 15) is 0 Å². The molecule has 1 heterocycles. The molecule has 1 saturated heterocycles. The van der Waals surface area contributed by atoms with Crippen molar-refractivity contribution in [3.8, 4) is 0 Å². The van der Waals surface area contributed by atoms with Gasteiger partial charge in [-0.15, -0.1) is 0 Å². The van der Waals surface area contributed by atoms with Crippen molar-refractivity contribution in [3.63, 3.8) is 0 Å². The van der Waals surface area contributed by atoms with Gasteiger partial charge in [-0.25, -0.2) is 0 Å². The topological polar surface area (TPSA) is 0 Å². The summed E-state index contributed by atoms with van der Waals surface area (Å²) in [4.78, 5) is 0. The van der Waals surface area contributed by atoms with E-state index in [4.69, 9.17) is 0 Å². The molecule has 0 N–H and O–H groups in total. The Labute approximate surface area is 43.3 Å². The van der Waals surface area contributed by atoms with E-state index in [0.29, 0.717) is 0 Å². The fourth-order valence-corrected chi connectivity index (χ4v) is 1.41. The standard InChI is InChI=1S/C5H10S/c1-2-5-3-4-6-5/h5H,2-4H2,1H3. The number of rotatable bonds is 1. The van der Waals surface area contributed by atoms with Crippen molar-refractivity contribution in [2.45, 2.75) is 25.0 Å². The predicted molar refractivity (Wildman–Crippen MR) is 31.2 cm³/mol. The third kappa shape index (κ3) is 0.700. The zero-order valence-electron chi connectivity index (χ0n) is 4.11. The molecule has 0 saturated carbocycles. The summed E-state index contributed by atoms with van der Waals surface area (Å²) < 4.78 is 0. The van der Waals surface area contributed by atoms with Crippen molar-refractivity contribution in [1.82, 2.24) is 0 Å². The van der Waals surface area contributed by atoms with Crippen LogP contribution >= 0.6 is 11.8 Å². The molecule has 1 fully saturated rings. The highest BCUT2D eigenvalue weighted by Crippen LogP contribution is 2.29. The molecule has 0 aromatic heterocycles. The monoisotopic (exact) mass is 102 g/mol. The molecule has 0 bridgehead atoms. The molecule has 1 rings (SSSR count). The lowest BCUT2D eigenvalue weighted by Crippen LogP contribution is -2.12. The van der Waals surface area contributed by atoms with Gasteiger partial charge in [-0.3, -0.25) is 0 Å². The number of thioether (sulfide) groups is 1. The van der Waals surface area contributed by atoms with Gasteiger partial charge in [0.2, 0.25) is 0 Å². The van der Waals surface area contributed by atoms with Gasteiger partial charge in [0.1, 0.15) is 0 Å². The van der Waals surface area contributed by atoms with Gasteiger partial charge >= 0.3 is 0 Å². The second-order valence-electron chi connectivity index (χ2n) is 1.69. The highest BCUT2D eigenvalue weighted by Gasteiger charge is 2.14. The van der Waals surface area contributed by atoms with Crippen LogP contribution in [0.5, 0.6) is 0 Å². The summed E-state index contributed by atoms with van der Waals surface area (Å²) in [5.41, 5.74) is 0. The van der Waals surface area contributed by atoms with Crippen LogP contribution in [0.1, 0.15) is 19.8 Å². The molecule has 1 atom stereocenters. The Kier molecular flexibility index (Phi) is 1.41. The molecule has 0 spiro atoms. The predicted octanol–water partition coefficient (Wildman–Crippen LogP) is 1.90. The summed E-state index contributed by atoms with van der Waals surface area (Å²) >= 11 is 2.11. The van der Waals surface area contributed by atoms with Gasteiger partial charge in [0.25, 0.3) is 0 Å². The third-order valence-electron chi connectivity index (χ3n) is 1.25. The van der Waals surface area contributed by atoms with Crippen LogP contribution in [0.15, 0.2) is 0 Å². The van der Waals surface area contributed by atoms with E-state index < -0.39 is 0 Å². The number of hydrogen-bond acceptors (Lipinski definition) is 1. The Morgan fingerprint density at radius 1 is 1.83 bits per heavy atom. The molecule has 1 unspecified atom stereocenters. The molecule has 0 aromatic rings. The van der Waals surface area contributed by atoms with E-state index in [1.807, 2.05) is 0 Å². The summed E-state index contributed by atoms with van der Waals surface area (Å²) in [5, 5.41) is 1.03. The van der Waals surface area contributed by atoms with Gasteiger partial charge in [0, 0.05) is 5.25 Å². The van der Waals surface area contributed by atoms with Crippen LogP contribution in [0.2, 0.25) is 0 Å². The van der Waals surface area contributed by atoms with Crippen molar-refractivity contribution in [1.29, 1.82) is 0 Å². The highest BCUT2D eigenvalue weighted by molar-refractivity contribution is 8.01. The second-order valence-corrected chi connectivity index (χ2v) is 3.10. The second kappa shape index (κ2) is 1.87. The Balaban J connectivity index is 2.01. The lowest BCUT2D eigenvalue weighted by Gasteiger charge is -2.22. The van der Waals surface area contributed by atoms with Gasteiger partial charge in [-0.2, -0.15) is 11.8 Å². The Morgan fingerprint density at radius 3 is 2.50 bits per heavy atom. The summed E-state index contributed by atoms with van der Waals surface area (Å²) in [6.07, 6.45) is 2.85. The zero-order valence-corrected chi connectivity index (χ0v) is 4.92. The third-order valence-corrected chi connectivity index (χ3v) is 2.76. The van der Waals surface area contributed by atoms with E-state index in [1.165, 1.54) is 18.6 Å². The van der Waals surface area contributed by atoms with Crippen LogP contribution in [0.3, 0.4) is 0 Å². The summed E-state index contributed by atoms with van der Waals surface area (Å²) in [6.45, 7) is 2.26. The Morgan fingerprint density at radius 2 is 2.50 bits per heavy atom. The number of hydrogen-bond donors (Lipinski definition) is 0. The first-order valence-electron chi connectivity index (χ1n) is 2.55. The van der Waals surface area contributed by atoms with E-state index in [2.05, 4.69) is 18.7 Å². The van der Waals surface area contributed by atoms with Crippen LogP contribution in [0, 0.1) is 0 Å². The first-order valence-corrected chi connectivity index (χ1v) is 3.60. The smallest absolute Gasteiger partial charge is 0.00522 e. The van der Waals surface area contributed by atoms with Gasteiger partial charge in [-0.05, 0) is 18.6 Å². The molecule has 0 aromatic carbocycles. The van der Waals surface area contributed by atoms with E-state index in [-0.39, 0.29) is 0 Å². The Bertz CT molecular complexity index is 36.4. The SMILES string of the molecule is CCC1CCS1. The van der Waals surface area contributed by atoms with E-state index >= 15 is 0 Å². The van der Waals surface area contributed by atoms with Gasteiger partial charge in [0.05, 0.1) is 0 Å². The first-order chi connectivity index (χ1) is 2.93. The molecule has 0 aliphatic carbocycles. The fourth-order valence-electron chi connectivity index (χ4n) is 0.606. The van der Waals surface area contributed by atoms with Crippen LogP contribution in [-0.4, -0.2) is 11.0 Å². The maximum absolute atomic E-state index is 2.26. The van der Waals surface area contributed by atoms with Gasteiger partial charge in [0.15, 0.2) is 0 Å². The minimum absolute atomic E-state index is 1.03. The van der Waals surface area contributed by atoms with Crippen molar-refractivity contribution >= 4 is 11.8 Å². The maximum Gasteiger partial charge on any atom is 0.00522 e. The van der Waals surface area contributed by atoms with Crippen LogP contribution in [0.25, 0.3) is 0 Å². The fraction of sp³-hybridized carbons (Fsp3) is 1.00. The average molecular weight is 102 g/mol. The lowest BCUT2D eigenvalue weighted by molar-refractivity contribution is 0.757. The lowest BCUT2D eigenvalue weighted by atomic mass is 10.2.